The van der Waals surface area contributed by atoms with Crippen LogP contribution in [0.25, 0.3) is 11.1 Å². The van der Waals surface area contributed by atoms with Crippen LogP contribution in [0.15, 0.2) is 127 Å². The van der Waals surface area contributed by atoms with Crippen molar-refractivity contribution in [1.82, 2.24) is 15.1 Å². The van der Waals surface area contributed by atoms with Gasteiger partial charge in [-0.05, 0) is 57.8 Å². The van der Waals surface area contributed by atoms with Crippen molar-refractivity contribution in [3.05, 3.63) is 154 Å². The van der Waals surface area contributed by atoms with E-state index in [1.807, 2.05) is 96.4 Å². The Morgan fingerprint density at radius 2 is 1.35 bits per heavy atom. The van der Waals surface area contributed by atoms with E-state index < -0.39 is 12.1 Å². The SMILES string of the molecule is CN(C(=O)c1cccc(CN)c1)[C@H](Cc1ccc(-c2ccccc2)cc1)C(=O)N(C)[C@H](Cc1cccs1)C(=O)NCCc1ccccc1. The van der Waals surface area contributed by atoms with Crippen molar-refractivity contribution < 1.29 is 14.4 Å². The normalized spacial score (nSPS) is 12.1. The van der Waals surface area contributed by atoms with Crippen LogP contribution < -0.4 is 11.1 Å². The molecule has 0 aliphatic heterocycles. The van der Waals surface area contributed by atoms with E-state index in [0.717, 1.165) is 32.7 Å². The highest BCUT2D eigenvalue weighted by Crippen LogP contribution is 2.23. The van der Waals surface area contributed by atoms with Crippen molar-refractivity contribution in [2.24, 2.45) is 5.73 Å². The number of carbonyl (C=O) groups is 3. The molecule has 0 bridgehead atoms. The first-order chi connectivity index (χ1) is 23.3. The molecule has 8 heteroatoms. The van der Waals surface area contributed by atoms with Crippen LogP contribution in [-0.4, -0.2) is 60.2 Å². The average molecular weight is 659 g/mol. The van der Waals surface area contributed by atoms with Crippen molar-refractivity contribution in [3.8, 4) is 11.1 Å². The third kappa shape index (κ3) is 8.85. The topological polar surface area (TPSA) is 95.7 Å². The predicted molar refractivity (Wildman–Crippen MR) is 194 cm³/mol. The lowest BCUT2D eigenvalue weighted by Crippen LogP contribution is -2.56. The molecule has 0 aliphatic carbocycles. The average Bonchev–Trinajstić information content (AvgIpc) is 3.66. The molecular formula is C40H42N4O3S. The first-order valence-electron chi connectivity index (χ1n) is 16.1. The van der Waals surface area contributed by atoms with E-state index in [1.165, 1.54) is 9.80 Å². The summed E-state index contributed by atoms with van der Waals surface area (Å²) in [6.45, 7) is 0.742. The molecule has 2 atom stereocenters. The minimum Gasteiger partial charge on any atom is -0.354 e. The molecule has 0 spiro atoms. The molecule has 5 rings (SSSR count). The second-order valence-electron chi connectivity index (χ2n) is 11.9. The summed E-state index contributed by atoms with van der Waals surface area (Å²) in [5, 5.41) is 5.02. The molecule has 5 aromatic rings. The number of amides is 3. The monoisotopic (exact) mass is 658 g/mol. The number of rotatable bonds is 14. The van der Waals surface area contributed by atoms with Gasteiger partial charge in [-0.25, -0.2) is 0 Å². The van der Waals surface area contributed by atoms with Gasteiger partial charge >= 0.3 is 0 Å². The van der Waals surface area contributed by atoms with Gasteiger partial charge in [0.15, 0.2) is 0 Å². The molecule has 3 N–H and O–H groups in total. The summed E-state index contributed by atoms with van der Waals surface area (Å²) in [5.41, 5.74) is 11.3. The Labute approximate surface area is 287 Å². The van der Waals surface area contributed by atoms with Crippen molar-refractivity contribution in [3.63, 3.8) is 0 Å². The number of nitrogens with two attached hydrogens (primary N) is 1. The summed E-state index contributed by atoms with van der Waals surface area (Å²) in [4.78, 5) is 46.2. The lowest BCUT2D eigenvalue weighted by Gasteiger charge is -2.34. The quantitative estimate of drug-likeness (QED) is 0.153. The third-order valence-electron chi connectivity index (χ3n) is 8.62. The standard InChI is InChI=1S/C40H42N4O3S/c1-43(36(27-35-17-10-24-48-35)38(45)42-23-22-29-11-5-3-6-12-29)40(47)37(44(2)39(46)34-16-9-13-31(25-34)28-41)26-30-18-20-33(21-19-30)32-14-7-4-8-15-32/h3-21,24-25,36-37H,22-23,26-28,41H2,1-2H3,(H,42,45)/t36-,37-/m1/s1. The van der Waals surface area contributed by atoms with Crippen LogP contribution in [0.4, 0.5) is 0 Å². The van der Waals surface area contributed by atoms with Gasteiger partial charge in [-0.2, -0.15) is 0 Å². The number of thiophene rings is 1. The van der Waals surface area contributed by atoms with Gasteiger partial charge in [0.05, 0.1) is 0 Å². The zero-order valence-electron chi connectivity index (χ0n) is 27.4. The Hall–Kier alpha value is -5.05. The molecule has 0 unspecified atom stereocenters. The highest BCUT2D eigenvalue weighted by Gasteiger charge is 2.35. The molecule has 0 radical (unpaired) electrons. The van der Waals surface area contributed by atoms with Crippen LogP contribution in [0.5, 0.6) is 0 Å². The first kappa shape index (κ1) is 34.3. The number of hydrogen-bond donors (Lipinski definition) is 2. The van der Waals surface area contributed by atoms with Gasteiger partial charge in [0, 0.05) is 50.5 Å². The molecular weight excluding hydrogens is 617 g/mol. The van der Waals surface area contributed by atoms with Crippen LogP contribution in [0.1, 0.15) is 31.9 Å². The van der Waals surface area contributed by atoms with Crippen LogP contribution in [0.2, 0.25) is 0 Å². The Balaban J connectivity index is 1.41. The fourth-order valence-corrected chi connectivity index (χ4v) is 6.50. The molecule has 1 aromatic heterocycles. The summed E-state index contributed by atoms with van der Waals surface area (Å²) in [5.74, 6) is -0.835. The number of carbonyl (C=O) groups excluding carboxylic acids is 3. The maximum Gasteiger partial charge on any atom is 0.254 e. The second kappa shape index (κ2) is 16.7. The molecule has 0 fully saturated rings. The largest absolute Gasteiger partial charge is 0.354 e. The number of nitrogens with zero attached hydrogens (tertiary/aromatic N) is 2. The molecule has 3 amide bonds. The third-order valence-corrected chi connectivity index (χ3v) is 9.52. The Morgan fingerprint density at radius 1 is 0.688 bits per heavy atom. The zero-order chi connectivity index (χ0) is 33.9. The van der Waals surface area contributed by atoms with E-state index in [9.17, 15) is 14.4 Å². The summed E-state index contributed by atoms with van der Waals surface area (Å²) in [7, 11) is 3.32. The number of hydrogen-bond acceptors (Lipinski definition) is 5. The van der Waals surface area contributed by atoms with Gasteiger partial charge in [-0.15, -0.1) is 11.3 Å². The highest BCUT2D eigenvalue weighted by molar-refractivity contribution is 7.09. The molecule has 0 saturated heterocycles. The first-order valence-corrected chi connectivity index (χ1v) is 17.0. The van der Waals surface area contributed by atoms with Gasteiger partial charge in [0.1, 0.15) is 12.1 Å². The van der Waals surface area contributed by atoms with Crippen molar-refractivity contribution in [2.45, 2.75) is 37.9 Å². The van der Waals surface area contributed by atoms with E-state index in [0.29, 0.717) is 31.5 Å². The summed E-state index contributed by atoms with van der Waals surface area (Å²) < 4.78 is 0. The fraction of sp³-hybridized carbons (Fsp3) is 0.225. The lowest BCUT2D eigenvalue weighted by molar-refractivity contribution is -0.142. The molecule has 48 heavy (non-hydrogen) atoms. The van der Waals surface area contributed by atoms with Crippen molar-refractivity contribution >= 4 is 29.1 Å². The van der Waals surface area contributed by atoms with Gasteiger partial charge in [-0.3, -0.25) is 14.4 Å². The molecule has 7 nitrogen and oxygen atoms in total. The maximum absolute atomic E-state index is 14.5. The van der Waals surface area contributed by atoms with Crippen LogP contribution in [-0.2, 0) is 35.4 Å². The van der Waals surface area contributed by atoms with Gasteiger partial charge < -0.3 is 20.9 Å². The van der Waals surface area contributed by atoms with Crippen LogP contribution in [0, 0.1) is 0 Å². The minimum absolute atomic E-state index is 0.231. The Bertz CT molecular complexity index is 1780. The van der Waals surface area contributed by atoms with E-state index in [4.69, 9.17) is 5.73 Å². The predicted octanol–water partition coefficient (Wildman–Crippen LogP) is 5.99. The van der Waals surface area contributed by atoms with E-state index in [1.54, 1.807) is 43.6 Å². The van der Waals surface area contributed by atoms with Crippen molar-refractivity contribution in [1.29, 1.82) is 0 Å². The Morgan fingerprint density at radius 3 is 2.02 bits per heavy atom. The molecule has 4 aromatic carbocycles. The van der Waals surface area contributed by atoms with E-state index in [-0.39, 0.29) is 24.1 Å². The van der Waals surface area contributed by atoms with Gasteiger partial charge in [0.25, 0.3) is 5.91 Å². The number of benzene rings is 4. The van der Waals surface area contributed by atoms with Crippen molar-refractivity contribution in [2.75, 3.05) is 20.6 Å². The highest BCUT2D eigenvalue weighted by atomic mass is 32.1. The number of nitrogens with one attached hydrogen (secondary N) is 1. The lowest BCUT2D eigenvalue weighted by atomic mass is 9.98. The molecule has 1 heterocycles. The van der Waals surface area contributed by atoms with Gasteiger partial charge in [0.2, 0.25) is 11.8 Å². The van der Waals surface area contributed by atoms with E-state index in [2.05, 4.69) is 17.4 Å². The maximum atomic E-state index is 14.5. The number of likely N-dealkylation sites (N-methyl/N-ethyl adjacent to an activating group) is 2. The summed E-state index contributed by atoms with van der Waals surface area (Å²) in [6, 6.07) is 37.5. The van der Waals surface area contributed by atoms with Gasteiger partial charge in [-0.1, -0.05) is 103 Å². The molecule has 246 valence electrons. The zero-order valence-corrected chi connectivity index (χ0v) is 28.2. The smallest absolute Gasteiger partial charge is 0.254 e. The fourth-order valence-electron chi connectivity index (χ4n) is 5.76. The Kier molecular flexibility index (Phi) is 11.9. The molecule has 0 saturated carbocycles. The van der Waals surface area contributed by atoms with Crippen LogP contribution in [0.3, 0.4) is 0 Å². The van der Waals surface area contributed by atoms with Crippen LogP contribution >= 0.6 is 11.3 Å². The molecule has 0 aliphatic rings. The van der Waals surface area contributed by atoms with E-state index >= 15 is 0 Å². The summed E-state index contributed by atoms with van der Waals surface area (Å²) >= 11 is 1.55. The second-order valence-corrected chi connectivity index (χ2v) is 12.9. The summed E-state index contributed by atoms with van der Waals surface area (Å²) in [6.07, 6.45) is 1.32. The minimum atomic E-state index is -0.866.